The van der Waals surface area contributed by atoms with E-state index in [1.165, 1.54) is 5.57 Å². The van der Waals surface area contributed by atoms with Gasteiger partial charge in [-0.3, -0.25) is 20.1 Å². The van der Waals surface area contributed by atoms with Gasteiger partial charge in [-0.2, -0.15) is 5.10 Å². The summed E-state index contributed by atoms with van der Waals surface area (Å²) < 4.78 is 0. The standard InChI is InChI=1S/C28H27N7/c1-4-30-14-18(2)11-20(15-29-3)25-13-23-27(17-32-25)34-35-28(23)26-12-22-21(8-5-9-24(22)33-26)19-7-6-10-31-16-19/h5-13,15-17,30,33H,3-4,14H2,1-2H3,(H,34,35)/b18-11+,20-15+. The van der Waals surface area contributed by atoms with E-state index in [4.69, 9.17) is 0 Å². The highest BCUT2D eigenvalue weighted by Gasteiger charge is 2.15. The van der Waals surface area contributed by atoms with Crippen molar-refractivity contribution in [2.45, 2.75) is 13.8 Å². The molecule has 7 nitrogen and oxygen atoms in total. The van der Waals surface area contributed by atoms with Gasteiger partial charge < -0.3 is 10.3 Å². The van der Waals surface area contributed by atoms with Crippen molar-refractivity contribution in [3.05, 3.63) is 84.6 Å². The van der Waals surface area contributed by atoms with Gasteiger partial charge in [0.05, 0.1) is 23.1 Å². The molecule has 0 saturated heterocycles. The molecule has 0 fully saturated rings. The first-order valence-corrected chi connectivity index (χ1v) is 11.6. The highest BCUT2D eigenvalue weighted by atomic mass is 15.1. The summed E-state index contributed by atoms with van der Waals surface area (Å²) in [6.07, 6.45) is 9.32. The largest absolute Gasteiger partial charge is 0.353 e. The van der Waals surface area contributed by atoms with Crippen molar-refractivity contribution in [1.82, 2.24) is 30.5 Å². The molecule has 0 amide bonds. The fourth-order valence-electron chi connectivity index (χ4n) is 4.25. The van der Waals surface area contributed by atoms with Crippen molar-refractivity contribution in [3.63, 3.8) is 0 Å². The topological polar surface area (TPSA) is 94.6 Å². The molecule has 5 rings (SSSR count). The Balaban J connectivity index is 1.59. The van der Waals surface area contributed by atoms with Crippen molar-refractivity contribution in [2.24, 2.45) is 4.99 Å². The normalized spacial score (nSPS) is 12.5. The summed E-state index contributed by atoms with van der Waals surface area (Å²) in [6, 6.07) is 14.5. The molecule has 5 aromatic rings. The number of pyridine rings is 2. The molecule has 0 saturated carbocycles. The van der Waals surface area contributed by atoms with Gasteiger partial charge in [-0.25, -0.2) is 0 Å². The zero-order valence-electron chi connectivity index (χ0n) is 19.8. The van der Waals surface area contributed by atoms with Gasteiger partial charge in [-0.05, 0) is 50.0 Å². The Morgan fingerprint density at radius 1 is 1.11 bits per heavy atom. The summed E-state index contributed by atoms with van der Waals surface area (Å²) in [5.41, 5.74) is 8.81. The molecular weight excluding hydrogens is 434 g/mol. The molecule has 174 valence electrons. The van der Waals surface area contributed by atoms with Crippen LogP contribution in [0.3, 0.4) is 0 Å². The maximum atomic E-state index is 4.65. The van der Waals surface area contributed by atoms with E-state index in [9.17, 15) is 0 Å². The molecule has 0 aliphatic carbocycles. The molecule has 0 aliphatic rings. The van der Waals surface area contributed by atoms with E-state index in [-0.39, 0.29) is 0 Å². The van der Waals surface area contributed by atoms with Gasteiger partial charge in [-0.15, -0.1) is 0 Å². The van der Waals surface area contributed by atoms with Crippen molar-refractivity contribution < 1.29 is 0 Å². The van der Waals surface area contributed by atoms with Crippen molar-refractivity contribution >= 4 is 34.1 Å². The summed E-state index contributed by atoms with van der Waals surface area (Å²) in [7, 11) is 0. The van der Waals surface area contributed by atoms with Crippen LogP contribution in [0.25, 0.3) is 49.9 Å². The Morgan fingerprint density at radius 2 is 2.03 bits per heavy atom. The Labute approximate surface area is 203 Å². The fraction of sp³-hybridized carbons (Fsp3) is 0.143. The van der Waals surface area contributed by atoms with E-state index in [0.717, 1.165) is 68.7 Å². The highest BCUT2D eigenvalue weighted by molar-refractivity contribution is 6.01. The first-order chi connectivity index (χ1) is 17.2. The van der Waals surface area contributed by atoms with E-state index >= 15 is 0 Å². The van der Waals surface area contributed by atoms with Crippen LogP contribution in [0.15, 0.2) is 83.9 Å². The zero-order valence-corrected chi connectivity index (χ0v) is 19.8. The molecule has 0 atom stereocenters. The van der Waals surface area contributed by atoms with Crippen LogP contribution in [0.2, 0.25) is 0 Å². The Bertz CT molecular complexity index is 1550. The molecule has 0 bridgehead atoms. The third kappa shape index (κ3) is 4.54. The van der Waals surface area contributed by atoms with Gasteiger partial charge in [0.15, 0.2) is 0 Å². The monoisotopic (exact) mass is 461 g/mol. The molecular formula is C28H27N7. The Hall–Kier alpha value is -4.36. The number of allylic oxidation sites excluding steroid dienone is 2. The second-order valence-electron chi connectivity index (χ2n) is 8.42. The smallest absolute Gasteiger partial charge is 0.116 e. The van der Waals surface area contributed by atoms with E-state index in [2.05, 4.69) is 98.5 Å². The van der Waals surface area contributed by atoms with Crippen LogP contribution >= 0.6 is 0 Å². The number of H-pyrrole nitrogens is 2. The molecule has 0 spiro atoms. The molecule has 35 heavy (non-hydrogen) atoms. The summed E-state index contributed by atoms with van der Waals surface area (Å²) in [4.78, 5) is 16.5. The van der Waals surface area contributed by atoms with Gasteiger partial charge >= 0.3 is 0 Å². The third-order valence-corrected chi connectivity index (χ3v) is 5.92. The minimum Gasteiger partial charge on any atom is -0.353 e. The number of aromatic amines is 2. The van der Waals surface area contributed by atoms with Gasteiger partial charge in [0.1, 0.15) is 5.69 Å². The number of aromatic nitrogens is 5. The molecule has 4 heterocycles. The predicted molar refractivity (Wildman–Crippen MR) is 144 cm³/mol. The lowest BCUT2D eigenvalue weighted by molar-refractivity contribution is 0.776. The molecule has 0 unspecified atom stereocenters. The summed E-state index contributed by atoms with van der Waals surface area (Å²) in [5, 5.41) is 13.2. The predicted octanol–water partition coefficient (Wildman–Crippen LogP) is 5.77. The highest BCUT2D eigenvalue weighted by Crippen LogP contribution is 2.34. The number of benzene rings is 1. The molecule has 7 heteroatoms. The van der Waals surface area contributed by atoms with Crippen LogP contribution in [0, 0.1) is 0 Å². The Kier molecular flexibility index (Phi) is 6.32. The number of rotatable bonds is 8. The molecule has 0 aliphatic heterocycles. The molecule has 3 N–H and O–H groups in total. The van der Waals surface area contributed by atoms with Gasteiger partial charge in [0.2, 0.25) is 0 Å². The van der Waals surface area contributed by atoms with Crippen molar-refractivity contribution in [2.75, 3.05) is 13.1 Å². The molecule has 1 aromatic carbocycles. The Morgan fingerprint density at radius 3 is 2.83 bits per heavy atom. The summed E-state index contributed by atoms with van der Waals surface area (Å²) >= 11 is 0. The van der Waals surface area contributed by atoms with E-state index in [1.807, 2.05) is 18.5 Å². The third-order valence-electron chi connectivity index (χ3n) is 5.92. The summed E-state index contributed by atoms with van der Waals surface area (Å²) in [6.45, 7) is 9.54. The number of hydrogen-bond donors (Lipinski definition) is 3. The van der Waals surface area contributed by atoms with Crippen LogP contribution in [-0.4, -0.2) is 45.0 Å². The maximum absolute atomic E-state index is 4.65. The van der Waals surface area contributed by atoms with Crippen molar-refractivity contribution in [1.29, 1.82) is 0 Å². The maximum Gasteiger partial charge on any atom is 0.116 e. The zero-order chi connectivity index (χ0) is 24.2. The quantitative estimate of drug-likeness (QED) is 0.202. The SMILES string of the molecule is C=N/C=C(\C=C(/C)CNCC)c1cc2c(-c3cc4c(-c5cccnc5)cccc4[nH]3)n[nH]c2cn1. The van der Waals surface area contributed by atoms with Gasteiger partial charge in [-0.1, -0.05) is 36.8 Å². The molecule has 0 radical (unpaired) electrons. The number of nitrogens with zero attached hydrogens (tertiary/aromatic N) is 4. The number of nitrogens with one attached hydrogen (secondary N) is 3. The average Bonchev–Trinajstić information content (AvgIpc) is 3.51. The number of hydrogen-bond acceptors (Lipinski definition) is 5. The fourth-order valence-corrected chi connectivity index (χ4v) is 4.25. The summed E-state index contributed by atoms with van der Waals surface area (Å²) in [5.74, 6) is 0. The second kappa shape index (κ2) is 9.87. The van der Waals surface area contributed by atoms with E-state index in [0.29, 0.717) is 0 Å². The minimum absolute atomic E-state index is 0.804. The van der Waals surface area contributed by atoms with Gasteiger partial charge in [0.25, 0.3) is 0 Å². The van der Waals surface area contributed by atoms with Crippen molar-refractivity contribution in [3.8, 4) is 22.5 Å². The van der Waals surface area contributed by atoms with Crippen LogP contribution in [-0.2, 0) is 0 Å². The first-order valence-electron chi connectivity index (χ1n) is 11.6. The minimum atomic E-state index is 0.804. The van der Waals surface area contributed by atoms with Crippen LogP contribution in [0.5, 0.6) is 0 Å². The molecule has 4 aromatic heterocycles. The lowest BCUT2D eigenvalue weighted by Crippen LogP contribution is -2.14. The van der Waals surface area contributed by atoms with Crippen LogP contribution < -0.4 is 5.32 Å². The van der Waals surface area contributed by atoms with Crippen LogP contribution in [0.4, 0.5) is 0 Å². The number of aliphatic imine (C=N–C) groups is 1. The van der Waals surface area contributed by atoms with Gasteiger partial charge in [0, 0.05) is 52.6 Å². The number of likely N-dealkylation sites (N-methyl/N-ethyl adjacent to an activating group) is 1. The lowest BCUT2D eigenvalue weighted by Gasteiger charge is -2.06. The van der Waals surface area contributed by atoms with E-state index < -0.39 is 0 Å². The average molecular weight is 462 g/mol. The second-order valence-corrected chi connectivity index (χ2v) is 8.42. The lowest BCUT2D eigenvalue weighted by atomic mass is 10.0. The van der Waals surface area contributed by atoms with Crippen LogP contribution in [0.1, 0.15) is 19.5 Å². The first kappa shape index (κ1) is 22.4. The van der Waals surface area contributed by atoms with E-state index in [1.54, 1.807) is 12.4 Å². The number of fused-ring (bicyclic) bond motifs is 2.